The zero-order valence-electron chi connectivity index (χ0n) is 10.2. The number of rotatable bonds is 5. The third kappa shape index (κ3) is 3.48. The van der Waals surface area contributed by atoms with Crippen LogP contribution in [0.2, 0.25) is 0 Å². The topological polar surface area (TPSA) is 34.1 Å². The van der Waals surface area contributed by atoms with E-state index in [-0.39, 0.29) is 23.3 Å². The first-order valence-electron chi connectivity index (χ1n) is 6.33. The Morgan fingerprint density at radius 3 is 2.44 bits per heavy atom. The summed E-state index contributed by atoms with van der Waals surface area (Å²) in [6.07, 6.45) is 4.65. The van der Waals surface area contributed by atoms with Gasteiger partial charge in [-0.05, 0) is 37.1 Å². The molecule has 1 aromatic rings. The van der Waals surface area contributed by atoms with E-state index < -0.39 is 10.8 Å². The van der Waals surface area contributed by atoms with Crippen molar-refractivity contribution in [3.63, 3.8) is 0 Å². The van der Waals surface area contributed by atoms with Crippen LogP contribution in [0.4, 0.5) is 4.39 Å². The van der Waals surface area contributed by atoms with Gasteiger partial charge >= 0.3 is 0 Å². The Morgan fingerprint density at radius 2 is 1.83 bits per heavy atom. The quantitative estimate of drug-likeness (QED) is 0.769. The summed E-state index contributed by atoms with van der Waals surface area (Å²) in [5.41, 5.74) is 0.500. The number of ketones is 1. The van der Waals surface area contributed by atoms with Crippen LogP contribution < -0.4 is 0 Å². The fraction of sp³-hybridized carbons (Fsp3) is 0.500. The van der Waals surface area contributed by atoms with E-state index >= 15 is 0 Å². The standard InChI is InChI=1S/C14H17FO2S/c15-12-7-5-11(6-8-12)14(16)9-10-18(17)13-3-1-2-4-13/h5-8,13H,1-4,9-10H2. The molecule has 0 heterocycles. The van der Waals surface area contributed by atoms with Crippen molar-refractivity contribution in [1.29, 1.82) is 0 Å². The van der Waals surface area contributed by atoms with E-state index in [1.54, 1.807) is 0 Å². The van der Waals surface area contributed by atoms with E-state index in [0.29, 0.717) is 11.3 Å². The maximum Gasteiger partial charge on any atom is 0.163 e. The molecule has 0 aliphatic heterocycles. The predicted molar refractivity (Wildman–Crippen MR) is 70.6 cm³/mol. The molecule has 0 spiro atoms. The Kier molecular flexibility index (Phi) is 4.64. The fourth-order valence-corrected chi connectivity index (χ4v) is 3.87. The van der Waals surface area contributed by atoms with E-state index in [2.05, 4.69) is 0 Å². The van der Waals surface area contributed by atoms with Gasteiger partial charge in [0.05, 0.1) is 0 Å². The molecule has 0 aromatic heterocycles. The maximum absolute atomic E-state index is 12.7. The summed E-state index contributed by atoms with van der Waals surface area (Å²) < 4.78 is 24.6. The lowest BCUT2D eigenvalue weighted by Gasteiger charge is -2.08. The van der Waals surface area contributed by atoms with E-state index in [1.807, 2.05) is 0 Å². The molecule has 4 heteroatoms. The average molecular weight is 268 g/mol. The number of carbonyl (C=O) groups excluding carboxylic acids is 1. The van der Waals surface area contributed by atoms with Gasteiger partial charge in [0, 0.05) is 33.8 Å². The lowest BCUT2D eigenvalue weighted by Crippen LogP contribution is -2.16. The summed E-state index contributed by atoms with van der Waals surface area (Å²) in [4.78, 5) is 11.8. The van der Waals surface area contributed by atoms with Gasteiger partial charge in [0.25, 0.3) is 0 Å². The molecule has 1 saturated carbocycles. The van der Waals surface area contributed by atoms with Gasteiger partial charge in [0.15, 0.2) is 5.78 Å². The Labute approximate surface area is 109 Å². The van der Waals surface area contributed by atoms with Crippen LogP contribution in [-0.4, -0.2) is 21.0 Å². The normalized spacial score (nSPS) is 17.8. The zero-order chi connectivity index (χ0) is 13.0. The van der Waals surface area contributed by atoms with E-state index in [1.165, 1.54) is 24.3 Å². The van der Waals surface area contributed by atoms with Crippen LogP contribution >= 0.6 is 0 Å². The third-order valence-electron chi connectivity index (χ3n) is 3.37. The summed E-state index contributed by atoms with van der Waals surface area (Å²) in [6.45, 7) is 0. The third-order valence-corrected chi connectivity index (χ3v) is 5.19. The first-order valence-corrected chi connectivity index (χ1v) is 7.71. The molecule has 1 aromatic carbocycles. The lowest BCUT2D eigenvalue weighted by molar-refractivity contribution is 0.0989. The van der Waals surface area contributed by atoms with Crippen molar-refractivity contribution in [2.24, 2.45) is 0 Å². The molecule has 2 rings (SSSR count). The number of benzene rings is 1. The molecular formula is C14H17FO2S. The van der Waals surface area contributed by atoms with Crippen molar-refractivity contribution >= 4 is 16.6 Å². The highest BCUT2D eigenvalue weighted by atomic mass is 32.2. The van der Waals surface area contributed by atoms with Crippen LogP contribution in [0.15, 0.2) is 24.3 Å². The second kappa shape index (κ2) is 6.23. The van der Waals surface area contributed by atoms with E-state index in [4.69, 9.17) is 0 Å². The Balaban J connectivity index is 1.84. The Morgan fingerprint density at radius 1 is 1.22 bits per heavy atom. The minimum Gasteiger partial charge on any atom is -0.294 e. The second-order valence-corrected chi connectivity index (χ2v) is 6.51. The molecule has 1 unspecified atom stereocenters. The van der Waals surface area contributed by atoms with Gasteiger partial charge in [0.1, 0.15) is 5.82 Å². The monoisotopic (exact) mass is 268 g/mol. The smallest absolute Gasteiger partial charge is 0.163 e. The van der Waals surface area contributed by atoms with Gasteiger partial charge in [-0.15, -0.1) is 0 Å². The Bertz CT molecular complexity index is 436. The van der Waals surface area contributed by atoms with Crippen LogP contribution in [0.1, 0.15) is 42.5 Å². The lowest BCUT2D eigenvalue weighted by atomic mass is 10.1. The van der Waals surface area contributed by atoms with Crippen molar-refractivity contribution in [3.8, 4) is 0 Å². The zero-order valence-corrected chi connectivity index (χ0v) is 11.0. The minimum atomic E-state index is -0.889. The highest BCUT2D eigenvalue weighted by Gasteiger charge is 2.21. The van der Waals surface area contributed by atoms with Gasteiger partial charge in [-0.25, -0.2) is 4.39 Å². The molecule has 0 saturated heterocycles. The van der Waals surface area contributed by atoms with Crippen LogP contribution in [0.25, 0.3) is 0 Å². The predicted octanol–water partition coefficient (Wildman–Crippen LogP) is 3.09. The summed E-state index contributed by atoms with van der Waals surface area (Å²) in [5, 5.41) is 0.283. The number of hydrogen-bond acceptors (Lipinski definition) is 2. The van der Waals surface area contributed by atoms with Crippen molar-refractivity contribution in [3.05, 3.63) is 35.6 Å². The van der Waals surface area contributed by atoms with E-state index in [0.717, 1.165) is 25.7 Å². The molecule has 1 aliphatic rings. The number of carbonyl (C=O) groups is 1. The second-order valence-electron chi connectivity index (χ2n) is 4.67. The molecule has 0 N–H and O–H groups in total. The molecular weight excluding hydrogens is 251 g/mol. The molecule has 0 amide bonds. The van der Waals surface area contributed by atoms with Gasteiger partial charge < -0.3 is 0 Å². The number of Topliss-reactive ketones (excluding diaryl/α,β-unsaturated/α-hetero) is 1. The van der Waals surface area contributed by atoms with Gasteiger partial charge in [-0.1, -0.05) is 12.8 Å². The first-order chi connectivity index (χ1) is 8.66. The van der Waals surface area contributed by atoms with Crippen LogP contribution in [-0.2, 0) is 10.8 Å². The van der Waals surface area contributed by atoms with Gasteiger partial charge in [-0.3, -0.25) is 9.00 Å². The van der Waals surface area contributed by atoms with E-state index in [9.17, 15) is 13.4 Å². The molecule has 1 aliphatic carbocycles. The summed E-state index contributed by atoms with van der Waals surface area (Å²) in [7, 11) is -0.889. The molecule has 2 nitrogen and oxygen atoms in total. The van der Waals surface area contributed by atoms with Crippen molar-refractivity contribution in [2.45, 2.75) is 37.4 Å². The number of halogens is 1. The molecule has 0 bridgehead atoms. The van der Waals surface area contributed by atoms with Gasteiger partial charge in [-0.2, -0.15) is 0 Å². The van der Waals surface area contributed by atoms with Crippen LogP contribution in [0.3, 0.4) is 0 Å². The molecule has 98 valence electrons. The molecule has 0 radical (unpaired) electrons. The highest BCUT2D eigenvalue weighted by Crippen LogP contribution is 2.23. The highest BCUT2D eigenvalue weighted by molar-refractivity contribution is 7.85. The summed E-state index contributed by atoms with van der Waals surface area (Å²) in [5.74, 6) is 0.0309. The fourth-order valence-electron chi connectivity index (χ4n) is 2.29. The van der Waals surface area contributed by atoms with Crippen LogP contribution in [0, 0.1) is 5.82 Å². The summed E-state index contributed by atoms with van der Waals surface area (Å²) >= 11 is 0. The van der Waals surface area contributed by atoms with Crippen molar-refractivity contribution < 1.29 is 13.4 Å². The summed E-state index contributed by atoms with van der Waals surface area (Å²) in [6, 6.07) is 5.52. The SMILES string of the molecule is O=C(CCS(=O)C1CCCC1)c1ccc(F)cc1. The van der Waals surface area contributed by atoms with Crippen molar-refractivity contribution in [2.75, 3.05) is 5.75 Å². The average Bonchev–Trinajstić information content (AvgIpc) is 2.90. The largest absolute Gasteiger partial charge is 0.294 e. The maximum atomic E-state index is 12.7. The Hall–Kier alpha value is -1.03. The first kappa shape index (κ1) is 13.4. The van der Waals surface area contributed by atoms with Crippen molar-refractivity contribution in [1.82, 2.24) is 0 Å². The molecule has 1 atom stereocenters. The molecule has 18 heavy (non-hydrogen) atoms. The minimum absolute atomic E-state index is 0.0543. The number of hydrogen-bond donors (Lipinski definition) is 0. The molecule has 1 fully saturated rings. The van der Waals surface area contributed by atoms with Crippen LogP contribution in [0.5, 0.6) is 0 Å². The van der Waals surface area contributed by atoms with Gasteiger partial charge in [0.2, 0.25) is 0 Å².